The van der Waals surface area contributed by atoms with Crippen LogP contribution >= 0.6 is 23.2 Å². The molecule has 0 fully saturated rings. The van der Waals surface area contributed by atoms with E-state index in [1.54, 1.807) is 30.6 Å². The predicted octanol–water partition coefficient (Wildman–Crippen LogP) is 4.55. The molecule has 0 spiro atoms. The van der Waals surface area contributed by atoms with Crippen molar-refractivity contribution in [2.45, 2.75) is 14.9 Å². The molecule has 0 amide bonds. The summed E-state index contributed by atoms with van der Waals surface area (Å²) in [6.07, 6.45) is 6.95. The Bertz CT molecular complexity index is 450. The van der Waals surface area contributed by atoms with Gasteiger partial charge >= 0.3 is 0 Å². The summed E-state index contributed by atoms with van der Waals surface area (Å²) in [5.41, 5.74) is 0.430. The Balaban J connectivity index is 0. The maximum atomic E-state index is 10.1. The third-order valence-corrected chi connectivity index (χ3v) is 2.16. The van der Waals surface area contributed by atoms with Crippen molar-refractivity contribution in [2.75, 3.05) is 0 Å². The van der Waals surface area contributed by atoms with Gasteiger partial charge in [-0.25, -0.2) is 0 Å². The molecule has 0 aromatic carbocycles. The van der Waals surface area contributed by atoms with Gasteiger partial charge < -0.3 is 0 Å². The lowest BCUT2D eigenvalue weighted by molar-refractivity contribution is 0.112. The average molecular weight is 287 g/mol. The van der Waals surface area contributed by atoms with E-state index in [9.17, 15) is 4.79 Å². The van der Waals surface area contributed by atoms with Crippen molar-refractivity contribution in [3.63, 3.8) is 0 Å². The first kappa shape index (κ1) is 18.9. The summed E-state index contributed by atoms with van der Waals surface area (Å²) in [5.74, 6) is 0. The van der Waals surface area contributed by atoms with Crippen LogP contribution in [-0.2, 0) is 0 Å². The minimum absolute atomic E-state index is 0. The molecule has 0 saturated carbocycles. The van der Waals surface area contributed by atoms with Crippen LogP contribution in [0.15, 0.2) is 43.0 Å². The molecule has 0 aliphatic heterocycles. The van der Waals surface area contributed by atoms with E-state index in [0.717, 1.165) is 5.02 Å². The normalized spacial score (nSPS) is 7.89. The minimum Gasteiger partial charge on any atom is -0.298 e. The van der Waals surface area contributed by atoms with Crippen LogP contribution in [0.4, 0.5) is 0 Å². The maximum absolute atomic E-state index is 10.1. The van der Waals surface area contributed by atoms with Crippen molar-refractivity contribution in [3.05, 3.63) is 58.6 Å². The zero-order chi connectivity index (χ0) is 11.8. The van der Waals surface area contributed by atoms with Crippen LogP contribution in [0.25, 0.3) is 0 Å². The number of aldehydes is 1. The largest absolute Gasteiger partial charge is 0.298 e. The molecule has 2 aromatic heterocycles. The molecule has 2 heterocycles. The summed E-state index contributed by atoms with van der Waals surface area (Å²) in [5, 5.41) is 1.18. The Morgan fingerprint density at radius 1 is 0.944 bits per heavy atom. The molecule has 2 rings (SSSR count). The number of hydrogen-bond acceptors (Lipinski definition) is 3. The van der Waals surface area contributed by atoms with Gasteiger partial charge in [0.15, 0.2) is 6.29 Å². The molecule has 3 nitrogen and oxygen atoms in total. The fourth-order valence-electron chi connectivity index (χ4n) is 0.810. The van der Waals surface area contributed by atoms with Gasteiger partial charge in [-0.3, -0.25) is 14.8 Å². The van der Waals surface area contributed by atoms with Crippen LogP contribution in [0.2, 0.25) is 10.0 Å². The zero-order valence-corrected chi connectivity index (χ0v) is 9.69. The van der Waals surface area contributed by atoms with E-state index in [1.807, 2.05) is 0 Å². The topological polar surface area (TPSA) is 42.9 Å². The summed E-state index contributed by atoms with van der Waals surface area (Å²) in [7, 11) is 0. The summed E-state index contributed by atoms with van der Waals surface area (Å²) in [6, 6.07) is 5.05. The second-order valence-corrected chi connectivity index (χ2v) is 3.52. The van der Waals surface area contributed by atoms with Crippen LogP contribution in [0.1, 0.15) is 25.2 Å². The van der Waals surface area contributed by atoms with Gasteiger partial charge in [0, 0.05) is 29.8 Å². The quantitative estimate of drug-likeness (QED) is 0.722. The molecule has 18 heavy (non-hydrogen) atoms. The molecule has 0 aliphatic rings. The Morgan fingerprint density at radius 3 is 1.83 bits per heavy atom. The fraction of sp³-hybridized carbons (Fsp3) is 0.154. The molecule has 0 saturated heterocycles. The van der Waals surface area contributed by atoms with Crippen molar-refractivity contribution in [3.8, 4) is 0 Å². The van der Waals surface area contributed by atoms with Gasteiger partial charge in [0.2, 0.25) is 0 Å². The van der Waals surface area contributed by atoms with Crippen molar-refractivity contribution in [1.29, 1.82) is 0 Å². The van der Waals surface area contributed by atoms with Gasteiger partial charge in [0.05, 0.1) is 10.6 Å². The summed E-state index contributed by atoms with van der Waals surface area (Å²) >= 11 is 11.1. The molecule has 0 unspecified atom stereocenters. The van der Waals surface area contributed by atoms with E-state index in [0.29, 0.717) is 16.9 Å². The van der Waals surface area contributed by atoms with Crippen molar-refractivity contribution < 1.29 is 4.79 Å². The van der Waals surface area contributed by atoms with Gasteiger partial charge in [-0.15, -0.1) is 0 Å². The smallest absolute Gasteiger partial charge is 0.153 e. The van der Waals surface area contributed by atoms with Crippen LogP contribution in [0.5, 0.6) is 0 Å². The standard InChI is InChI=1S/C6H4ClNO.C5H4ClN.2CH4/c7-6-1-2-8-3-5(6)4-9;6-5-1-3-7-4-2-5;;/h1-4H;1-4H;2*1H4. The van der Waals surface area contributed by atoms with E-state index in [-0.39, 0.29) is 14.9 Å². The van der Waals surface area contributed by atoms with Gasteiger partial charge in [0.1, 0.15) is 0 Å². The molecular weight excluding hydrogens is 271 g/mol. The van der Waals surface area contributed by atoms with Crippen LogP contribution in [-0.4, -0.2) is 16.3 Å². The first-order valence-electron chi connectivity index (χ1n) is 4.34. The van der Waals surface area contributed by atoms with Crippen LogP contribution < -0.4 is 0 Å². The predicted molar refractivity (Wildman–Crippen MR) is 77.3 cm³/mol. The second-order valence-electron chi connectivity index (χ2n) is 2.68. The molecule has 0 bridgehead atoms. The Kier molecular flexibility index (Phi) is 11.2. The molecule has 5 heteroatoms. The third-order valence-electron chi connectivity index (χ3n) is 1.56. The highest BCUT2D eigenvalue weighted by Crippen LogP contribution is 2.09. The fourth-order valence-corrected chi connectivity index (χ4v) is 1.07. The highest BCUT2D eigenvalue weighted by Gasteiger charge is 1.93. The zero-order valence-electron chi connectivity index (χ0n) is 8.18. The first-order valence-corrected chi connectivity index (χ1v) is 5.10. The number of halogens is 2. The number of aromatic nitrogens is 2. The summed E-state index contributed by atoms with van der Waals surface area (Å²) < 4.78 is 0. The molecule has 0 radical (unpaired) electrons. The SMILES string of the molecule is C.C.Clc1ccncc1.O=Cc1cnccc1Cl. The maximum Gasteiger partial charge on any atom is 0.153 e. The second kappa shape index (κ2) is 10.7. The molecular formula is C13H16Cl2N2O. The molecule has 2 aromatic rings. The monoisotopic (exact) mass is 286 g/mol. The number of carbonyl (C=O) groups is 1. The highest BCUT2D eigenvalue weighted by molar-refractivity contribution is 6.32. The molecule has 0 aliphatic carbocycles. The van der Waals surface area contributed by atoms with E-state index in [4.69, 9.17) is 23.2 Å². The lowest BCUT2D eigenvalue weighted by atomic mass is 10.3. The lowest BCUT2D eigenvalue weighted by Gasteiger charge is -1.89. The van der Waals surface area contributed by atoms with Gasteiger partial charge in [0.25, 0.3) is 0 Å². The van der Waals surface area contributed by atoms with E-state index in [1.165, 1.54) is 12.4 Å². The minimum atomic E-state index is 0. The molecule has 98 valence electrons. The third kappa shape index (κ3) is 6.99. The van der Waals surface area contributed by atoms with E-state index in [2.05, 4.69) is 9.97 Å². The van der Waals surface area contributed by atoms with E-state index < -0.39 is 0 Å². The van der Waals surface area contributed by atoms with Gasteiger partial charge in [-0.05, 0) is 18.2 Å². The Morgan fingerprint density at radius 2 is 1.50 bits per heavy atom. The van der Waals surface area contributed by atoms with Gasteiger partial charge in [-0.1, -0.05) is 38.1 Å². The molecule has 0 N–H and O–H groups in total. The lowest BCUT2D eigenvalue weighted by Crippen LogP contribution is -1.81. The van der Waals surface area contributed by atoms with Crippen molar-refractivity contribution >= 4 is 29.5 Å². The summed E-state index contributed by atoms with van der Waals surface area (Å²) in [6.45, 7) is 0. The van der Waals surface area contributed by atoms with Crippen molar-refractivity contribution in [1.82, 2.24) is 9.97 Å². The highest BCUT2D eigenvalue weighted by atomic mass is 35.5. The Hall–Kier alpha value is -1.45. The van der Waals surface area contributed by atoms with Crippen molar-refractivity contribution in [2.24, 2.45) is 0 Å². The average Bonchev–Trinajstić information content (AvgIpc) is 2.31. The van der Waals surface area contributed by atoms with Gasteiger partial charge in [-0.2, -0.15) is 0 Å². The van der Waals surface area contributed by atoms with Crippen LogP contribution in [0.3, 0.4) is 0 Å². The Labute approximate surface area is 118 Å². The first-order chi connectivity index (χ1) is 7.74. The number of rotatable bonds is 1. The number of carbonyl (C=O) groups excluding carboxylic acids is 1. The van der Waals surface area contributed by atoms with Crippen LogP contribution in [0, 0.1) is 0 Å². The van der Waals surface area contributed by atoms with E-state index >= 15 is 0 Å². The number of nitrogens with zero attached hydrogens (tertiary/aromatic N) is 2. The number of pyridine rings is 2. The molecule has 0 atom stereocenters. The number of hydrogen-bond donors (Lipinski definition) is 0. The summed E-state index contributed by atoms with van der Waals surface area (Å²) in [4.78, 5) is 17.6.